The van der Waals surface area contributed by atoms with Gasteiger partial charge in [0, 0.05) is 31.2 Å². The van der Waals surface area contributed by atoms with Crippen LogP contribution in [0.4, 0.5) is 5.82 Å². The van der Waals surface area contributed by atoms with Crippen LogP contribution in [0.2, 0.25) is 0 Å². The Labute approximate surface area is 222 Å². The van der Waals surface area contributed by atoms with Crippen LogP contribution >= 0.6 is 24.0 Å². The Kier molecular flexibility index (Phi) is 9.36. The average Bonchev–Trinajstić information content (AvgIpc) is 3.14. The maximum atomic E-state index is 13.3. The minimum Gasteiger partial charge on any atom is -0.466 e. The molecule has 0 radical (unpaired) electrons. The number of thiocarbonyl (C=S) groups is 1. The zero-order chi connectivity index (χ0) is 26.6. The fourth-order valence-electron chi connectivity index (χ4n) is 4.68. The fourth-order valence-corrected chi connectivity index (χ4v) is 6.12. The average molecular weight is 531 g/mol. The third kappa shape index (κ3) is 5.37. The van der Waals surface area contributed by atoms with Crippen LogP contribution in [0, 0.1) is 24.2 Å². The van der Waals surface area contributed by atoms with Crippen LogP contribution in [0.3, 0.4) is 0 Å². The monoisotopic (exact) mass is 530 g/mol. The summed E-state index contributed by atoms with van der Waals surface area (Å²) in [6, 6.07) is 2.06. The van der Waals surface area contributed by atoms with Gasteiger partial charge in [0.1, 0.15) is 21.8 Å². The van der Waals surface area contributed by atoms with Gasteiger partial charge in [0.25, 0.3) is 11.5 Å². The van der Waals surface area contributed by atoms with Crippen molar-refractivity contribution < 1.29 is 14.3 Å². The Balaban J connectivity index is 2.13. The van der Waals surface area contributed by atoms with Crippen LogP contribution in [0.15, 0.2) is 9.70 Å². The lowest BCUT2D eigenvalue weighted by Gasteiger charge is -2.35. The summed E-state index contributed by atoms with van der Waals surface area (Å²) in [4.78, 5) is 43.1. The molecule has 3 heterocycles. The van der Waals surface area contributed by atoms with Gasteiger partial charge < -0.3 is 9.64 Å². The van der Waals surface area contributed by atoms with E-state index in [-0.39, 0.29) is 35.0 Å². The number of rotatable bonds is 8. The van der Waals surface area contributed by atoms with Crippen LogP contribution in [0.25, 0.3) is 6.08 Å². The second-order valence-electron chi connectivity index (χ2n) is 9.13. The van der Waals surface area contributed by atoms with Crippen molar-refractivity contribution in [2.24, 2.45) is 5.92 Å². The van der Waals surface area contributed by atoms with E-state index in [4.69, 9.17) is 17.0 Å². The van der Waals surface area contributed by atoms with Gasteiger partial charge in [-0.25, -0.2) is 0 Å². The lowest BCUT2D eigenvalue weighted by molar-refractivity contribution is -0.148. The molecule has 0 N–H and O–H groups in total. The third-order valence-corrected chi connectivity index (χ3v) is 8.17. The summed E-state index contributed by atoms with van der Waals surface area (Å²) < 4.78 is 7.37. The van der Waals surface area contributed by atoms with Gasteiger partial charge in [0.2, 0.25) is 0 Å². The molecule has 10 heteroatoms. The second-order valence-corrected chi connectivity index (χ2v) is 10.8. The van der Waals surface area contributed by atoms with E-state index in [2.05, 4.69) is 11.0 Å². The van der Waals surface area contributed by atoms with E-state index < -0.39 is 0 Å². The molecule has 194 valence electrons. The number of esters is 1. The summed E-state index contributed by atoms with van der Waals surface area (Å²) >= 11 is 6.76. The summed E-state index contributed by atoms with van der Waals surface area (Å²) in [5, 5.41) is 9.82. The number of hydrogen-bond donors (Lipinski definition) is 0. The lowest BCUT2D eigenvalue weighted by atomic mass is 9.95. The molecule has 2 aliphatic rings. The Hall–Kier alpha value is -2.64. The van der Waals surface area contributed by atoms with Gasteiger partial charge in [0.05, 0.1) is 17.4 Å². The fraction of sp³-hybridized carbons (Fsp3) is 0.577. The summed E-state index contributed by atoms with van der Waals surface area (Å²) in [6.07, 6.45) is 4.48. The van der Waals surface area contributed by atoms with E-state index in [9.17, 15) is 19.6 Å². The largest absolute Gasteiger partial charge is 0.466 e. The number of hydrogen-bond acceptors (Lipinski definition) is 8. The maximum Gasteiger partial charge on any atom is 0.309 e. The number of carbonyl (C=O) groups is 2. The molecule has 1 aromatic rings. The zero-order valence-corrected chi connectivity index (χ0v) is 23.3. The molecule has 36 heavy (non-hydrogen) atoms. The van der Waals surface area contributed by atoms with Gasteiger partial charge in [-0.3, -0.25) is 23.9 Å². The van der Waals surface area contributed by atoms with E-state index in [0.717, 1.165) is 6.42 Å². The molecule has 1 atom stereocenters. The molecule has 8 nitrogen and oxygen atoms in total. The van der Waals surface area contributed by atoms with Gasteiger partial charge in [-0.1, -0.05) is 37.8 Å². The molecule has 1 unspecified atom stereocenters. The Morgan fingerprint density at radius 1 is 1.28 bits per heavy atom. The first-order chi connectivity index (χ1) is 17.2. The lowest BCUT2D eigenvalue weighted by Crippen LogP contribution is -2.41. The molecule has 0 bridgehead atoms. The number of anilines is 1. The summed E-state index contributed by atoms with van der Waals surface area (Å²) in [5.74, 6) is 0.169. The number of thioether (sulfide) groups is 1. The van der Waals surface area contributed by atoms with Crippen molar-refractivity contribution in [1.29, 1.82) is 5.26 Å². The highest BCUT2D eigenvalue weighted by atomic mass is 32.2. The van der Waals surface area contributed by atoms with Crippen LogP contribution in [0.5, 0.6) is 0 Å². The number of ether oxygens (including phenoxy) is 1. The quantitative estimate of drug-likeness (QED) is 0.280. The van der Waals surface area contributed by atoms with Crippen LogP contribution in [0.1, 0.15) is 70.1 Å². The molecule has 1 amide bonds. The Morgan fingerprint density at radius 3 is 2.50 bits per heavy atom. The number of piperidine rings is 1. The maximum absolute atomic E-state index is 13.3. The molecule has 2 fully saturated rings. The molecule has 3 rings (SSSR count). The summed E-state index contributed by atoms with van der Waals surface area (Å²) in [6.45, 7) is 11.4. The molecule has 0 spiro atoms. The second kappa shape index (κ2) is 12.1. The highest BCUT2D eigenvalue weighted by Gasteiger charge is 2.36. The van der Waals surface area contributed by atoms with Gasteiger partial charge in [0.15, 0.2) is 0 Å². The zero-order valence-electron chi connectivity index (χ0n) is 21.6. The van der Waals surface area contributed by atoms with Crippen LogP contribution in [-0.4, -0.2) is 51.4 Å². The van der Waals surface area contributed by atoms with Gasteiger partial charge in [-0.05, 0) is 58.1 Å². The van der Waals surface area contributed by atoms with Crippen molar-refractivity contribution in [2.45, 2.75) is 72.9 Å². The van der Waals surface area contributed by atoms with Crippen molar-refractivity contribution >= 4 is 52.1 Å². The van der Waals surface area contributed by atoms with Gasteiger partial charge in [-0.2, -0.15) is 5.26 Å². The molecule has 2 saturated heterocycles. The molecular weight excluding hydrogens is 496 g/mol. The number of nitriles is 1. The predicted molar refractivity (Wildman–Crippen MR) is 147 cm³/mol. The Bertz CT molecular complexity index is 1180. The van der Waals surface area contributed by atoms with Crippen LogP contribution in [-0.2, 0) is 20.9 Å². The van der Waals surface area contributed by atoms with Crippen molar-refractivity contribution in [3.05, 3.63) is 31.9 Å². The smallest absolute Gasteiger partial charge is 0.309 e. The minimum atomic E-state index is -0.330. The number of amides is 1. The topological polar surface area (TPSA) is 95.6 Å². The minimum absolute atomic E-state index is 0.0189. The number of nitrogens with zero attached hydrogens (tertiary/aromatic N) is 4. The van der Waals surface area contributed by atoms with Gasteiger partial charge >= 0.3 is 5.97 Å². The molecule has 0 saturated carbocycles. The summed E-state index contributed by atoms with van der Waals surface area (Å²) in [5.41, 5.74) is 0.978. The number of pyridine rings is 1. The van der Waals surface area contributed by atoms with E-state index in [1.807, 2.05) is 20.8 Å². The predicted octanol–water partition coefficient (Wildman–Crippen LogP) is 4.22. The standard InChI is InChI=1S/C26H34N4O4S2/c1-6-11-29-22(28-12-9-18(10-13-28)25(33)34-8-3)19(17(5)20(15-27)23(29)31)14-21-24(32)30(16(4)7-2)26(35)36-21/h14,16,18H,6-13H2,1-5H3/b21-14+. The number of carbonyl (C=O) groups excluding carboxylic acids is 2. The third-order valence-electron chi connectivity index (χ3n) is 6.84. The first-order valence-corrected chi connectivity index (χ1v) is 13.8. The van der Waals surface area contributed by atoms with Gasteiger partial charge in [-0.15, -0.1) is 0 Å². The van der Waals surface area contributed by atoms with Crippen molar-refractivity contribution in [2.75, 3.05) is 24.6 Å². The first kappa shape index (κ1) is 27.9. The van der Waals surface area contributed by atoms with Crippen molar-refractivity contribution in [3.8, 4) is 6.07 Å². The van der Waals surface area contributed by atoms with E-state index in [0.29, 0.717) is 71.7 Å². The molecule has 0 aliphatic carbocycles. The molecule has 0 aromatic carbocycles. The highest BCUT2D eigenvalue weighted by Crippen LogP contribution is 2.38. The van der Waals surface area contributed by atoms with Crippen molar-refractivity contribution in [3.63, 3.8) is 0 Å². The normalized spacial score (nSPS) is 18.6. The van der Waals surface area contributed by atoms with E-state index in [1.54, 1.807) is 29.4 Å². The molecular formula is C26H34N4O4S2. The first-order valence-electron chi connectivity index (χ1n) is 12.6. The molecule has 1 aromatic heterocycles. The highest BCUT2D eigenvalue weighted by molar-refractivity contribution is 8.26. The Morgan fingerprint density at radius 2 is 1.94 bits per heavy atom. The van der Waals surface area contributed by atoms with E-state index >= 15 is 0 Å². The number of aromatic nitrogens is 1. The van der Waals surface area contributed by atoms with E-state index in [1.165, 1.54) is 11.8 Å². The molecule has 2 aliphatic heterocycles. The summed E-state index contributed by atoms with van der Waals surface area (Å²) in [7, 11) is 0. The SMILES string of the molecule is CCCn1c(N2CCC(C(=O)OCC)CC2)c(/C=C2/SC(=S)N(C(C)CC)C2=O)c(C)c(C#N)c1=O. The van der Waals surface area contributed by atoms with Crippen LogP contribution < -0.4 is 10.5 Å². The van der Waals surface area contributed by atoms with Crippen molar-refractivity contribution in [1.82, 2.24) is 9.47 Å².